The number of hydrogen-bond donors (Lipinski definition) is 0. The van der Waals surface area contributed by atoms with Crippen molar-refractivity contribution in [3.05, 3.63) is 108 Å². The molecule has 10 rings (SSSR count). The van der Waals surface area contributed by atoms with Crippen LogP contribution in [0.5, 0.6) is 0 Å². The summed E-state index contributed by atoms with van der Waals surface area (Å²) in [5, 5.41) is 24.4. The molecule has 6 nitrogen and oxygen atoms in total. The van der Waals surface area contributed by atoms with Gasteiger partial charge in [-0.1, -0.05) is 181 Å². The summed E-state index contributed by atoms with van der Waals surface area (Å²) in [7, 11) is 0. The van der Waals surface area contributed by atoms with Crippen LogP contribution in [0, 0.1) is 117 Å². The topological polar surface area (TPSA) is 114 Å². The van der Waals surface area contributed by atoms with E-state index in [1.807, 2.05) is 12.1 Å². The molecule has 0 aromatic heterocycles. The summed E-state index contributed by atoms with van der Waals surface area (Å²) in [6.45, 7) is 32.8. The summed E-state index contributed by atoms with van der Waals surface area (Å²) in [6.07, 6.45) is 35.0. The fourth-order valence-electron chi connectivity index (χ4n) is 20.3. The van der Waals surface area contributed by atoms with Crippen molar-refractivity contribution in [3.8, 4) is 0 Å². The SMILES string of the molecule is CC(=O)[CH-]C(=O)c1ccccc1.CC(=O)[CH-]C(=O)c1ccccc1.CC[C@H](CCC(C)[C@H]1CCC2[C@@H]3CC=C4C[C@@H]([O-])CC[C@]4(C)C3CC[C@@]21C)C(C)C.CC[C@H](CCC(C)[C@H]1CCC2[C@@H]3CC=C4C[C@@H]([O-])CC[C@]4(C)C3CC[C@@]21C)C(C)C.Cl.[Ti+4]. The molecule has 2 aromatic carbocycles. The number of fused-ring (bicyclic) bond motifs is 10. The summed E-state index contributed by atoms with van der Waals surface area (Å²) in [5.74, 6) is 11.5. The summed E-state index contributed by atoms with van der Waals surface area (Å²) >= 11 is 0. The zero-order chi connectivity index (χ0) is 61.3. The van der Waals surface area contributed by atoms with Crippen LogP contribution in [0.3, 0.4) is 0 Å². The van der Waals surface area contributed by atoms with E-state index in [2.05, 4.69) is 95.2 Å². The summed E-state index contributed by atoms with van der Waals surface area (Å²) in [6, 6.07) is 17.4. The van der Waals surface area contributed by atoms with Gasteiger partial charge in [0.25, 0.3) is 0 Å². The number of allylic oxidation sites excluding steroid dienone is 2. The Labute approximate surface area is 546 Å². The number of benzene rings is 2. The van der Waals surface area contributed by atoms with Crippen LogP contribution in [0.2, 0.25) is 0 Å². The van der Waals surface area contributed by atoms with E-state index in [0.717, 1.165) is 134 Å². The zero-order valence-corrected chi connectivity index (χ0v) is 58.6. The summed E-state index contributed by atoms with van der Waals surface area (Å²) < 4.78 is 0. The monoisotopic (exact) mass is 1230 g/mol. The van der Waals surface area contributed by atoms with Crippen molar-refractivity contribution in [2.24, 2.45) is 105 Å². The Morgan fingerprint density at radius 3 is 1.16 bits per heavy atom. The van der Waals surface area contributed by atoms with Crippen molar-refractivity contribution in [2.45, 2.75) is 250 Å². The van der Waals surface area contributed by atoms with Crippen molar-refractivity contribution in [3.63, 3.8) is 0 Å². The minimum atomic E-state index is -0.329. The second kappa shape index (κ2) is 32.5. The van der Waals surface area contributed by atoms with Gasteiger partial charge in [0.05, 0.1) is 11.6 Å². The van der Waals surface area contributed by atoms with Crippen LogP contribution in [0.4, 0.5) is 0 Å². The molecule has 8 aliphatic carbocycles. The third-order valence-corrected chi connectivity index (χ3v) is 25.3. The van der Waals surface area contributed by atoms with Crippen LogP contribution < -0.4 is 10.2 Å². The Kier molecular flexibility index (Phi) is 28.0. The molecule has 0 bridgehead atoms. The molecule has 2 aromatic rings. The molecular formula is C78H117ClO6Ti. The van der Waals surface area contributed by atoms with Gasteiger partial charge in [-0.25, -0.2) is 0 Å². The van der Waals surface area contributed by atoms with Crippen LogP contribution in [0.25, 0.3) is 0 Å². The van der Waals surface area contributed by atoms with Crippen molar-refractivity contribution in [2.75, 3.05) is 0 Å². The average Bonchev–Trinajstić information content (AvgIpc) is 1.35. The predicted molar refractivity (Wildman–Crippen MR) is 351 cm³/mol. The molecule has 0 spiro atoms. The van der Waals surface area contributed by atoms with Gasteiger partial charge >= 0.3 is 21.7 Å². The van der Waals surface area contributed by atoms with Crippen LogP contribution >= 0.6 is 12.4 Å². The molecule has 8 aliphatic rings. The molecule has 0 heterocycles. The van der Waals surface area contributed by atoms with Gasteiger partial charge in [0.15, 0.2) is 0 Å². The van der Waals surface area contributed by atoms with Crippen molar-refractivity contribution < 1.29 is 51.1 Å². The number of carbonyl (C=O) groups is 4. The predicted octanol–water partition coefficient (Wildman–Crippen LogP) is 18.5. The molecule has 476 valence electrons. The van der Waals surface area contributed by atoms with Crippen molar-refractivity contribution in [1.82, 2.24) is 0 Å². The quantitative estimate of drug-likeness (QED) is 0.0483. The largest absolute Gasteiger partial charge is 4.00 e. The van der Waals surface area contributed by atoms with Gasteiger partial charge in [0, 0.05) is 11.6 Å². The fourth-order valence-corrected chi connectivity index (χ4v) is 20.3. The second-order valence-corrected chi connectivity index (χ2v) is 30.6. The molecule has 0 radical (unpaired) electrons. The third-order valence-electron chi connectivity index (χ3n) is 25.3. The van der Waals surface area contributed by atoms with Gasteiger partial charge in [-0.2, -0.15) is 0 Å². The van der Waals surface area contributed by atoms with E-state index in [1.165, 1.54) is 117 Å². The van der Waals surface area contributed by atoms with Gasteiger partial charge in [-0.05, 0) is 221 Å². The number of ketones is 4. The third kappa shape index (κ3) is 17.0. The molecule has 0 amide bonds. The zero-order valence-electron chi connectivity index (χ0n) is 56.2. The standard InChI is InChI=1S/2C29H49O.2C10H9O2.ClH.Ti/c2*1-7-21(19(2)3)9-8-20(4)25-12-13-26-24-11-10-22-18-23(30)14-16-28(22,5)27(24)15-17-29(25,26)6;2*1-8(11)7-10(12)9-5-3-2-4-6-9;;/h2*10,19-21,23-27H,7-9,11-18H2,1-6H3;2*2-7H,1H3;1H;/q4*-1;;+4/t2*20?,21-,23+,24+,25-,26?,27?,28+,29-;;;;/m11..../s1. The second-order valence-electron chi connectivity index (χ2n) is 30.6. The molecule has 6 saturated carbocycles. The van der Waals surface area contributed by atoms with Gasteiger partial charge < -0.3 is 29.4 Å². The number of halogens is 1. The maximum absolute atomic E-state index is 12.2. The van der Waals surface area contributed by atoms with Gasteiger partial charge in [0.2, 0.25) is 0 Å². The Morgan fingerprint density at radius 2 is 0.849 bits per heavy atom. The first-order valence-corrected chi connectivity index (χ1v) is 34.4. The van der Waals surface area contributed by atoms with E-state index in [0.29, 0.717) is 32.8 Å². The number of hydrogen-bond acceptors (Lipinski definition) is 6. The average molecular weight is 1230 g/mol. The Bertz CT molecular complexity index is 2370. The molecule has 8 heteroatoms. The van der Waals surface area contributed by atoms with E-state index in [1.54, 1.807) is 59.7 Å². The minimum absolute atomic E-state index is 0. The number of Topliss-reactive ketones (excluding diaryl/α,β-unsaturated/α-hetero) is 4. The first-order valence-electron chi connectivity index (χ1n) is 34.4. The fraction of sp³-hybridized carbons (Fsp3) is 0.718. The van der Waals surface area contributed by atoms with Gasteiger partial charge in [0.1, 0.15) is 0 Å². The van der Waals surface area contributed by atoms with E-state index in [9.17, 15) is 29.4 Å². The summed E-state index contributed by atoms with van der Waals surface area (Å²) in [5.41, 5.74) is 6.04. The molecule has 18 atom stereocenters. The molecule has 0 N–H and O–H groups in total. The van der Waals surface area contributed by atoms with Gasteiger partial charge in [-0.15, -0.1) is 72.8 Å². The van der Waals surface area contributed by atoms with E-state index < -0.39 is 0 Å². The van der Waals surface area contributed by atoms with E-state index in [4.69, 9.17) is 0 Å². The Morgan fingerprint density at radius 1 is 0.500 bits per heavy atom. The molecule has 6 fully saturated rings. The first kappa shape index (κ1) is 74.0. The van der Waals surface area contributed by atoms with Crippen molar-refractivity contribution in [1.29, 1.82) is 0 Å². The Balaban J connectivity index is 0.000000225. The molecule has 0 aliphatic heterocycles. The van der Waals surface area contributed by atoms with Gasteiger partial charge in [-0.3, -0.25) is 0 Å². The molecule has 86 heavy (non-hydrogen) atoms. The van der Waals surface area contributed by atoms with E-state index in [-0.39, 0.29) is 69.5 Å². The number of carbonyl (C=O) groups excluding carboxylic acids is 4. The molecule has 6 unspecified atom stereocenters. The Hall–Kier alpha value is -2.74. The smallest absolute Gasteiger partial charge is 0.852 e. The van der Waals surface area contributed by atoms with Crippen LogP contribution in [-0.2, 0) is 31.3 Å². The number of rotatable bonds is 18. The van der Waals surface area contributed by atoms with E-state index >= 15 is 0 Å². The molecular weight excluding hydrogens is 1120 g/mol. The summed E-state index contributed by atoms with van der Waals surface area (Å²) in [4.78, 5) is 43.5. The first-order chi connectivity index (χ1) is 39.8. The minimum Gasteiger partial charge on any atom is -0.852 e. The van der Waals surface area contributed by atoms with Crippen molar-refractivity contribution >= 4 is 35.5 Å². The van der Waals surface area contributed by atoms with Crippen LogP contribution in [-0.4, -0.2) is 35.3 Å². The maximum atomic E-state index is 12.2. The maximum Gasteiger partial charge on any atom is 4.00 e. The van der Waals surface area contributed by atoms with Crippen LogP contribution in [0.15, 0.2) is 84.0 Å². The molecule has 0 saturated heterocycles. The van der Waals surface area contributed by atoms with Crippen LogP contribution in [0.1, 0.15) is 259 Å². The normalized spacial score (nSPS) is 34.2.